The standard InChI is InChI=1S/C17H20Cl3N3O2/c1-10(24)21-14(17(18,19)20)12-13(16(2,3)4)22-23(15(12)25)11-8-6-5-7-9-11/h5-9,12,14H,1-4H3,(H,21,24)/t12-,14-/m0/s1. The maximum atomic E-state index is 13.1. The molecule has 1 aromatic rings. The molecular formula is C17H20Cl3N3O2. The molecule has 1 aromatic carbocycles. The van der Waals surface area contributed by atoms with Gasteiger partial charge in [-0.1, -0.05) is 73.8 Å². The molecule has 2 amide bonds. The van der Waals surface area contributed by atoms with E-state index >= 15 is 0 Å². The Morgan fingerprint density at radius 2 is 1.76 bits per heavy atom. The fourth-order valence-corrected chi connectivity index (χ4v) is 3.25. The highest BCUT2D eigenvalue weighted by Gasteiger charge is 2.52. The summed E-state index contributed by atoms with van der Waals surface area (Å²) in [6.07, 6.45) is 0. The third kappa shape index (κ3) is 4.46. The summed E-state index contributed by atoms with van der Waals surface area (Å²) in [7, 11) is 0. The molecule has 0 spiro atoms. The second-order valence-corrected chi connectivity index (χ2v) is 9.29. The van der Waals surface area contributed by atoms with E-state index in [4.69, 9.17) is 34.8 Å². The number of halogens is 3. The van der Waals surface area contributed by atoms with Crippen LogP contribution in [0.25, 0.3) is 0 Å². The Kier molecular flexibility index (Phi) is 5.71. The number of nitrogens with zero attached hydrogens (tertiary/aromatic N) is 2. The van der Waals surface area contributed by atoms with Gasteiger partial charge in [0.25, 0.3) is 5.91 Å². The van der Waals surface area contributed by atoms with Gasteiger partial charge in [-0.15, -0.1) is 0 Å². The average Bonchev–Trinajstić information content (AvgIpc) is 2.82. The minimum Gasteiger partial charge on any atom is -0.348 e. The summed E-state index contributed by atoms with van der Waals surface area (Å²) in [6.45, 7) is 7.07. The first-order chi connectivity index (χ1) is 11.4. The summed E-state index contributed by atoms with van der Waals surface area (Å²) in [6, 6.07) is 7.97. The zero-order valence-electron chi connectivity index (χ0n) is 14.4. The summed E-state index contributed by atoms with van der Waals surface area (Å²) >= 11 is 18.3. The molecule has 0 aromatic heterocycles. The van der Waals surface area contributed by atoms with Crippen LogP contribution < -0.4 is 10.3 Å². The zero-order chi connectivity index (χ0) is 19.0. The number of para-hydroxylation sites is 1. The second-order valence-electron chi connectivity index (χ2n) is 6.92. The van der Waals surface area contributed by atoms with Crippen LogP contribution in [0.3, 0.4) is 0 Å². The minimum atomic E-state index is -1.87. The number of anilines is 1. The summed E-state index contributed by atoms with van der Waals surface area (Å²) in [4.78, 5) is 24.7. The molecule has 1 N–H and O–H groups in total. The van der Waals surface area contributed by atoms with Crippen LogP contribution in [0.5, 0.6) is 0 Å². The monoisotopic (exact) mass is 403 g/mol. The lowest BCUT2D eigenvalue weighted by atomic mass is 9.79. The maximum absolute atomic E-state index is 13.1. The molecule has 0 saturated heterocycles. The highest BCUT2D eigenvalue weighted by Crippen LogP contribution is 2.41. The van der Waals surface area contributed by atoms with Crippen molar-refractivity contribution in [3.05, 3.63) is 30.3 Å². The van der Waals surface area contributed by atoms with E-state index in [1.54, 1.807) is 12.1 Å². The molecule has 8 heteroatoms. The van der Waals surface area contributed by atoms with Gasteiger partial charge in [0.15, 0.2) is 0 Å². The molecule has 0 radical (unpaired) electrons. The van der Waals surface area contributed by atoms with Gasteiger partial charge in [0.05, 0.1) is 17.4 Å². The number of nitrogens with one attached hydrogen (secondary N) is 1. The smallest absolute Gasteiger partial charge is 0.258 e. The Labute approximate surface area is 162 Å². The van der Waals surface area contributed by atoms with E-state index in [1.807, 2.05) is 39.0 Å². The molecule has 1 aliphatic rings. The number of benzene rings is 1. The summed E-state index contributed by atoms with van der Waals surface area (Å²) in [5, 5.41) is 8.41. The van der Waals surface area contributed by atoms with Crippen LogP contribution in [0.2, 0.25) is 0 Å². The van der Waals surface area contributed by atoms with Gasteiger partial charge in [0.2, 0.25) is 9.70 Å². The van der Waals surface area contributed by atoms with Gasteiger partial charge in [0, 0.05) is 12.3 Å². The summed E-state index contributed by atoms with van der Waals surface area (Å²) in [5.41, 5.74) is 0.699. The normalized spacial score (nSPS) is 19.6. The first-order valence-electron chi connectivity index (χ1n) is 7.74. The lowest BCUT2D eigenvalue weighted by Gasteiger charge is -2.33. The molecule has 1 aliphatic heterocycles. The van der Waals surface area contributed by atoms with Crippen molar-refractivity contribution in [3.63, 3.8) is 0 Å². The molecular weight excluding hydrogens is 385 g/mol. The quantitative estimate of drug-likeness (QED) is 0.776. The molecule has 0 fully saturated rings. The first-order valence-corrected chi connectivity index (χ1v) is 8.88. The highest BCUT2D eigenvalue weighted by atomic mass is 35.6. The van der Waals surface area contributed by atoms with Crippen LogP contribution in [0.4, 0.5) is 5.69 Å². The Bertz CT molecular complexity index is 693. The van der Waals surface area contributed by atoms with E-state index in [1.165, 1.54) is 11.9 Å². The minimum absolute atomic E-state index is 0.346. The van der Waals surface area contributed by atoms with E-state index in [0.29, 0.717) is 11.4 Å². The number of carbonyl (C=O) groups excluding carboxylic acids is 2. The van der Waals surface area contributed by atoms with E-state index in [-0.39, 0.29) is 5.91 Å². The third-order valence-electron chi connectivity index (χ3n) is 3.79. The van der Waals surface area contributed by atoms with E-state index in [9.17, 15) is 9.59 Å². The van der Waals surface area contributed by atoms with Crippen molar-refractivity contribution in [1.82, 2.24) is 5.32 Å². The first kappa shape index (κ1) is 20.0. The van der Waals surface area contributed by atoms with E-state index in [2.05, 4.69) is 10.4 Å². The van der Waals surface area contributed by atoms with Crippen LogP contribution in [-0.4, -0.2) is 27.4 Å². The number of rotatable bonds is 3. The van der Waals surface area contributed by atoms with Crippen LogP contribution in [0.15, 0.2) is 35.4 Å². The molecule has 0 unspecified atom stereocenters. The maximum Gasteiger partial charge on any atom is 0.258 e. The molecule has 1 heterocycles. The lowest BCUT2D eigenvalue weighted by molar-refractivity contribution is -0.122. The topological polar surface area (TPSA) is 61.8 Å². The molecule has 5 nitrogen and oxygen atoms in total. The predicted octanol–water partition coefficient (Wildman–Crippen LogP) is 3.93. The van der Waals surface area contributed by atoms with E-state index in [0.717, 1.165) is 0 Å². The Balaban J connectivity index is 2.53. The number of hydrogen-bond acceptors (Lipinski definition) is 3. The van der Waals surface area contributed by atoms with Gasteiger partial charge in [-0.3, -0.25) is 9.59 Å². The summed E-state index contributed by atoms with van der Waals surface area (Å²) in [5.74, 6) is -1.62. The molecule has 2 rings (SSSR count). The number of amides is 2. The van der Waals surface area contributed by atoms with Crippen LogP contribution in [0, 0.1) is 11.3 Å². The largest absolute Gasteiger partial charge is 0.348 e. The Hall–Kier alpha value is -1.30. The Morgan fingerprint density at radius 3 is 2.20 bits per heavy atom. The molecule has 2 atom stereocenters. The van der Waals surface area contributed by atoms with Crippen molar-refractivity contribution in [1.29, 1.82) is 0 Å². The molecule has 0 saturated carbocycles. The van der Waals surface area contributed by atoms with Gasteiger partial charge in [-0.05, 0) is 12.1 Å². The third-order valence-corrected chi connectivity index (χ3v) is 4.50. The van der Waals surface area contributed by atoms with Crippen molar-refractivity contribution in [2.45, 2.75) is 37.5 Å². The van der Waals surface area contributed by atoms with Crippen LogP contribution >= 0.6 is 34.8 Å². The molecule has 25 heavy (non-hydrogen) atoms. The number of hydrogen-bond donors (Lipinski definition) is 1. The fourth-order valence-electron chi connectivity index (χ4n) is 2.71. The average molecular weight is 405 g/mol. The van der Waals surface area contributed by atoms with Crippen molar-refractivity contribution in [2.75, 3.05) is 5.01 Å². The van der Waals surface area contributed by atoms with Crippen molar-refractivity contribution in [2.24, 2.45) is 16.4 Å². The number of carbonyl (C=O) groups is 2. The zero-order valence-corrected chi connectivity index (χ0v) is 16.7. The van der Waals surface area contributed by atoms with Crippen LogP contribution in [0.1, 0.15) is 27.7 Å². The molecule has 136 valence electrons. The lowest BCUT2D eigenvalue weighted by Crippen LogP contribution is -2.54. The van der Waals surface area contributed by atoms with Gasteiger partial charge in [0.1, 0.15) is 5.92 Å². The van der Waals surface area contributed by atoms with Gasteiger partial charge < -0.3 is 5.32 Å². The summed E-state index contributed by atoms with van der Waals surface area (Å²) < 4.78 is -1.87. The fraction of sp³-hybridized carbons (Fsp3) is 0.471. The van der Waals surface area contributed by atoms with Crippen molar-refractivity contribution in [3.8, 4) is 0 Å². The molecule has 0 bridgehead atoms. The van der Waals surface area contributed by atoms with Gasteiger partial charge in [-0.2, -0.15) is 5.10 Å². The second kappa shape index (κ2) is 7.14. The number of alkyl halides is 3. The van der Waals surface area contributed by atoms with Crippen LogP contribution in [-0.2, 0) is 9.59 Å². The Morgan fingerprint density at radius 1 is 1.20 bits per heavy atom. The predicted molar refractivity (Wildman–Crippen MR) is 102 cm³/mol. The molecule has 0 aliphatic carbocycles. The van der Waals surface area contributed by atoms with E-state index < -0.39 is 27.1 Å². The highest BCUT2D eigenvalue weighted by molar-refractivity contribution is 6.68. The number of hydrazone groups is 1. The van der Waals surface area contributed by atoms with Crippen molar-refractivity contribution < 1.29 is 9.59 Å². The van der Waals surface area contributed by atoms with Gasteiger partial charge >= 0.3 is 0 Å². The SMILES string of the molecule is CC(=O)N[C@@H]([C@H]1C(=O)N(c2ccccc2)N=C1C(C)(C)C)C(Cl)(Cl)Cl. The van der Waals surface area contributed by atoms with Crippen molar-refractivity contribution >= 4 is 58.0 Å². The van der Waals surface area contributed by atoms with Gasteiger partial charge in [-0.25, -0.2) is 5.01 Å².